The largest absolute Gasteiger partial charge is 0.477 e. The molecule has 4 rings (SSSR count). The van der Waals surface area contributed by atoms with E-state index >= 15 is 8.78 Å². The van der Waals surface area contributed by atoms with E-state index in [9.17, 15) is 14.7 Å². The van der Waals surface area contributed by atoms with Crippen molar-refractivity contribution in [2.45, 2.75) is 18.9 Å². The summed E-state index contributed by atoms with van der Waals surface area (Å²) >= 11 is 0. The molecule has 0 radical (unpaired) electrons. The fourth-order valence-electron chi connectivity index (χ4n) is 3.96. The normalized spacial score (nSPS) is 17.7. The number of carboxylic acids is 1. The second kappa shape index (κ2) is 7.14. The van der Waals surface area contributed by atoms with Crippen LogP contribution in [0.3, 0.4) is 0 Å². The Morgan fingerprint density at radius 3 is 2.45 bits per heavy atom. The molecule has 0 atom stereocenters. The minimum atomic E-state index is -1.45. The Morgan fingerprint density at radius 1 is 1.24 bits per heavy atom. The van der Waals surface area contributed by atoms with Gasteiger partial charge < -0.3 is 20.3 Å². The Hall–Kier alpha value is -2.94. The zero-order chi connectivity index (χ0) is 20.9. The van der Waals surface area contributed by atoms with Gasteiger partial charge in [-0.2, -0.15) is 0 Å². The number of halogens is 2. The lowest BCUT2D eigenvalue weighted by Crippen LogP contribution is -2.47. The van der Waals surface area contributed by atoms with Crippen LogP contribution in [0.2, 0.25) is 0 Å². The quantitative estimate of drug-likeness (QED) is 0.587. The fourth-order valence-corrected chi connectivity index (χ4v) is 3.96. The zero-order valence-corrected chi connectivity index (χ0v) is 15.8. The molecule has 0 amide bonds. The van der Waals surface area contributed by atoms with Crippen LogP contribution in [0.25, 0.3) is 10.9 Å². The molecular weight excluding hydrogens is 382 g/mol. The maximum Gasteiger partial charge on any atom is 0.341 e. The Labute approximate surface area is 165 Å². The number of hydrogen-bond donors (Lipinski definition) is 2. The number of hydrogen-bond acceptors (Lipinski definition) is 5. The SMILES string of the molecule is C=CCN1CCN(c2c(F)c(N)c3c(=O)c(C(=O)O)cn(C4CC4)c3c2F)CC1. The Balaban J connectivity index is 1.91. The first-order valence-electron chi connectivity index (χ1n) is 9.51. The molecule has 1 aromatic heterocycles. The summed E-state index contributed by atoms with van der Waals surface area (Å²) in [5.74, 6) is -3.34. The molecule has 1 aliphatic carbocycles. The summed E-state index contributed by atoms with van der Waals surface area (Å²) in [6, 6.07) is -0.132. The van der Waals surface area contributed by atoms with Crippen molar-refractivity contribution in [2.75, 3.05) is 43.4 Å². The molecule has 2 fully saturated rings. The van der Waals surface area contributed by atoms with Crippen LogP contribution in [0.4, 0.5) is 20.2 Å². The summed E-state index contributed by atoms with van der Waals surface area (Å²) in [5, 5.41) is 8.94. The third-order valence-corrected chi connectivity index (χ3v) is 5.61. The van der Waals surface area contributed by atoms with Crippen LogP contribution in [0.5, 0.6) is 0 Å². The average molecular weight is 404 g/mol. The van der Waals surface area contributed by atoms with Gasteiger partial charge in [-0.05, 0) is 12.8 Å². The topological polar surface area (TPSA) is 91.8 Å². The van der Waals surface area contributed by atoms with Gasteiger partial charge in [-0.25, -0.2) is 13.6 Å². The van der Waals surface area contributed by atoms with Crippen LogP contribution in [-0.2, 0) is 0 Å². The number of nitrogen functional groups attached to an aromatic ring is 1. The minimum Gasteiger partial charge on any atom is -0.477 e. The molecule has 2 aliphatic rings. The number of carbonyl (C=O) groups is 1. The first kappa shape index (κ1) is 19.4. The third kappa shape index (κ3) is 3.15. The molecule has 0 bridgehead atoms. The van der Waals surface area contributed by atoms with Crippen LogP contribution in [-0.4, -0.2) is 53.3 Å². The number of benzene rings is 1. The Bertz CT molecular complexity index is 1070. The van der Waals surface area contributed by atoms with Crippen LogP contribution in [0.15, 0.2) is 23.6 Å². The predicted molar refractivity (Wildman–Crippen MR) is 107 cm³/mol. The third-order valence-electron chi connectivity index (χ3n) is 5.61. The zero-order valence-electron chi connectivity index (χ0n) is 15.8. The van der Waals surface area contributed by atoms with Crippen molar-refractivity contribution in [1.82, 2.24) is 9.47 Å². The second-order valence-corrected chi connectivity index (χ2v) is 7.51. The number of fused-ring (bicyclic) bond motifs is 1. The van der Waals surface area contributed by atoms with Crippen LogP contribution < -0.4 is 16.1 Å². The monoisotopic (exact) mass is 404 g/mol. The van der Waals surface area contributed by atoms with Gasteiger partial charge in [0.1, 0.15) is 11.3 Å². The summed E-state index contributed by atoms with van der Waals surface area (Å²) in [6.45, 7) is 6.40. The highest BCUT2D eigenvalue weighted by molar-refractivity contribution is 5.99. The standard InChI is InChI=1S/C20H22F2N4O3/c1-2-5-24-6-8-25(9-7-24)18-14(21)16(23)13-17(15(18)22)26(11-3-4-11)10-12(19(13)27)20(28)29/h2,10-11H,1,3-9,23H2,(H,28,29). The molecular formula is C20H22F2N4O3. The van der Waals surface area contributed by atoms with Crippen molar-refractivity contribution in [3.63, 3.8) is 0 Å². The van der Waals surface area contributed by atoms with Crippen molar-refractivity contribution in [2.24, 2.45) is 0 Å². The predicted octanol–water partition coefficient (Wildman–Crippen LogP) is 2.20. The molecule has 7 nitrogen and oxygen atoms in total. The van der Waals surface area contributed by atoms with Gasteiger partial charge in [0, 0.05) is 45.0 Å². The average Bonchev–Trinajstić information content (AvgIpc) is 3.52. The number of pyridine rings is 1. The number of aromatic nitrogens is 1. The Morgan fingerprint density at radius 2 is 1.90 bits per heavy atom. The van der Waals surface area contributed by atoms with Crippen molar-refractivity contribution < 1.29 is 18.7 Å². The van der Waals surface area contributed by atoms with E-state index in [1.54, 1.807) is 11.0 Å². The highest BCUT2D eigenvalue weighted by Gasteiger charge is 2.33. The summed E-state index contributed by atoms with van der Waals surface area (Å²) in [4.78, 5) is 27.8. The number of nitrogens with two attached hydrogens (primary N) is 1. The molecule has 2 heterocycles. The van der Waals surface area contributed by atoms with E-state index in [4.69, 9.17) is 5.73 Å². The van der Waals surface area contributed by atoms with Gasteiger partial charge in [0.2, 0.25) is 5.43 Å². The number of carboxylic acid groups (broad SMARTS) is 1. The molecule has 1 saturated carbocycles. The fraction of sp³-hybridized carbons (Fsp3) is 0.400. The van der Waals surface area contributed by atoms with E-state index in [0.29, 0.717) is 32.7 Å². The summed E-state index contributed by atoms with van der Waals surface area (Å²) in [7, 11) is 0. The van der Waals surface area contributed by atoms with Gasteiger partial charge in [0.15, 0.2) is 11.6 Å². The van der Waals surface area contributed by atoms with Crippen molar-refractivity contribution in [1.29, 1.82) is 0 Å². The van der Waals surface area contributed by atoms with Gasteiger partial charge in [0.05, 0.1) is 16.6 Å². The highest BCUT2D eigenvalue weighted by atomic mass is 19.1. The van der Waals surface area contributed by atoms with Gasteiger partial charge in [-0.3, -0.25) is 9.69 Å². The summed E-state index contributed by atoms with van der Waals surface area (Å²) < 4.78 is 32.2. The van der Waals surface area contributed by atoms with Crippen molar-refractivity contribution >= 4 is 28.2 Å². The first-order chi connectivity index (χ1) is 13.8. The first-order valence-corrected chi connectivity index (χ1v) is 9.51. The molecule has 9 heteroatoms. The van der Waals surface area contributed by atoms with Crippen molar-refractivity contribution in [3.05, 3.63) is 46.3 Å². The van der Waals surface area contributed by atoms with E-state index in [0.717, 1.165) is 19.0 Å². The lowest BCUT2D eigenvalue weighted by atomic mass is 10.1. The number of anilines is 2. The van der Waals surface area contributed by atoms with Gasteiger partial charge in [0.25, 0.3) is 0 Å². The highest BCUT2D eigenvalue weighted by Crippen LogP contribution is 2.41. The molecule has 3 N–H and O–H groups in total. The number of aromatic carboxylic acids is 1. The number of nitrogens with zero attached hydrogens (tertiary/aromatic N) is 3. The maximum absolute atomic E-state index is 15.6. The number of piperazine rings is 1. The molecule has 154 valence electrons. The van der Waals surface area contributed by atoms with E-state index in [2.05, 4.69) is 11.5 Å². The smallest absolute Gasteiger partial charge is 0.341 e. The molecule has 0 spiro atoms. The molecule has 1 aliphatic heterocycles. The molecule has 0 unspecified atom stereocenters. The number of rotatable bonds is 5. The van der Waals surface area contributed by atoms with E-state index in [-0.39, 0.29) is 17.2 Å². The lowest BCUT2D eigenvalue weighted by molar-refractivity contribution is 0.0695. The van der Waals surface area contributed by atoms with Gasteiger partial charge in [-0.1, -0.05) is 6.08 Å². The minimum absolute atomic E-state index is 0.120. The van der Waals surface area contributed by atoms with Crippen molar-refractivity contribution in [3.8, 4) is 0 Å². The summed E-state index contributed by atoms with van der Waals surface area (Å²) in [5.41, 5.74) is 3.53. The second-order valence-electron chi connectivity index (χ2n) is 7.51. The van der Waals surface area contributed by atoms with Crippen LogP contribution >= 0.6 is 0 Å². The van der Waals surface area contributed by atoms with Crippen LogP contribution in [0, 0.1) is 11.6 Å². The van der Waals surface area contributed by atoms with Gasteiger partial charge >= 0.3 is 5.97 Å². The van der Waals surface area contributed by atoms with E-state index < -0.39 is 39.7 Å². The van der Waals surface area contributed by atoms with E-state index in [1.165, 1.54) is 4.57 Å². The molecule has 1 aromatic carbocycles. The Kier molecular flexibility index (Phi) is 4.77. The molecule has 1 saturated heterocycles. The maximum atomic E-state index is 15.6. The molecule has 2 aromatic rings. The molecule has 29 heavy (non-hydrogen) atoms. The summed E-state index contributed by atoms with van der Waals surface area (Å²) in [6.07, 6.45) is 4.38. The van der Waals surface area contributed by atoms with E-state index in [1.807, 2.05) is 0 Å². The lowest BCUT2D eigenvalue weighted by Gasteiger charge is -2.36. The van der Waals surface area contributed by atoms with Gasteiger partial charge in [-0.15, -0.1) is 6.58 Å². The van der Waals surface area contributed by atoms with Crippen LogP contribution in [0.1, 0.15) is 29.2 Å².